The number of anilines is 2. The average molecular weight is 652 g/mol. The van der Waals surface area contributed by atoms with Crippen LogP contribution in [0.3, 0.4) is 0 Å². The van der Waals surface area contributed by atoms with Crippen molar-refractivity contribution in [2.75, 3.05) is 50.5 Å². The van der Waals surface area contributed by atoms with Crippen molar-refractivity contribution >= 4 is 54.7 Å². The third kappa shape index (κ3) is 4.58. The van der Waals surface area contributed by atoms with E-state index < -0.39 is 12.0 Å². The fraction of sp³-hybridized carbons (Fsp3) is 0.469. The average Bonchev–Trinajstić information content (AvgIpc) is 3.76. The molecule has 4 atom stereocenters. The van der Waals surface area contributed by atoms with E-state index in [4.69, 9.17) is 36.8 Å². The van der Waals surface area contributed by atoms with E-state index in [-0.39, 0.29) is 33.4 Å². The zero-order valence-electron chi connectivity index (χ0n) is 24.7. The van der Waals surface area contributed by atoms with Gasteiger partial charge in [0.15, 0.2) is 5.75 Å². The number of methoxy groups -OCH3 is 1. The van der Waals surface area contributed by atoms with Crippen LogP contribution in [0.1, 0.15) is 37.7 Å². The monoisotopic (exact) mass is 651 g/mol. The van der Waals surface area contributed by atoms with E-state index in [0.29, 0.717) is 69.1 Å². The zero-order valence-corrected chi connectivity index (χ0v) is 26.3. The summed E-state index contributed by atoms with van der Waals surface area (Å²) in [7, 11) is 1.53. The van der Waals surface area contributed by atoms with E-state index in [1.807, 2.05) is 6.07 Å². The molecular weight excluding hydrogens is 620 g/mol. The SMILES string of the molecule is COc1c(-c2ccc(F)c3sc(N)c(C#N)c23)c(Cl)cc2c(N3CC4CCC(C3)N4)nc(OC[C@@]34CCCN3C[C@H](F)C4)nc12. The summed E-state index contributed by atoms with van der Waals surface area (Å²) in [5.74, 6) is 0.577. The van der Waals surface area contributed by atoms with Gasteiger partial charge in [0, 0.05) is 54.5 Å². The minimum atomic E-state index is -0.875. The van der Waals surface area contributed by atoms with Gasteiger partial charge in [-0.2, -0.15) is 15.2 Å². The highest BCUT2D eigenvalue weighted by atomic mass is 35.5. The number of hydrogen-bond acceptors (Lipinski definition) is 10. The van der Waals surface area contributed by atoms with E-state index in [1.54, 1.807) is 6.07 Å². The topological polar surface area (TPSA) is 113 Å². The maximum absolute atomic E-state index is 15.0. The van der Waals surface area contributed by atoms with Crippen molar-refractivity contribution in [3.8, 4) is 29.0 Å². The lowest BCUT2D eigenvalue weighted by atomic mass is 9.95. The summed E-state index contributed by atoms with van der Waals surface area (Å²) < 4.78 is 42.2. The first-order chi connectivity index (χ1) is 21.8. The van der Waals surface area contributed by atoms with Gasteiger partial charge in [0.05, 0.1) is 27.9 Å². The number of nitrogen functional groups attached to an aromatic ring is 1. The molecule has 2 unspecified atom stereocenters. The number of nitrogens with zero attached hydrogens (tertiary/aromatic N) is 5. The molecule has 13 heteroatoms. The van der Waals surface area contributed by atoms with Crippen LogP contribution in [-0.2, 0) is 0 Å². The number of halogens is 3. The lowest BCUT2D eigenvalue weighted by Crippen LogP contribution is -2.51. The van der Waals surface area contributed by atoms with Gasteiger partial charge in [-0.25, -0.2) is 8.78 Å². The molecule has 0 aliphatic carbocycles. The predicted molar refractivity (Wildman–Crippen MR) is 172 cm³/mol. The summed E-state index contributed by atoms with van der Waals surface area (Å²) in [6, 6.07) is 7.77. The Hall–Kier alpha value is -3.50. The van der Waals surface area contributed by atoms with Crippen LogP contribution in [0.25, 0.3) is 32.1 Å². The van der Waals surface area contributed by atoms with E-state index in [2.05, 4.69) is 21.2 Å². The van der Waals surface area contributed by atoms with Crippen molar-refractivity contribution in [3.05, 3.63) is 34.6 Å². The Balaban J connectivity index is 1.31. The lowest BCUT2D eigenvalue weighted by molar-refractivity contribution is 0.107. The van der Waals surface area contributed by atoms with Crippen LogP contribution >= 0.6 is 22.9 Å². The smallest absolute Gasteiger partial charge is 0.319 e. The molecular formula is C32H32ClF2N7O2S. The zero-order chi connectivity index (χ0) is 31.0. The summed E-state index contributed by atoms with van der Waals surface area (Å²) >= 11 is 8.09. The normalized spacial score (nSPS) is 26.1. The van der Waals surface area contributed by atoms with E-state index in [9.17, 15) is 14.0 Å². The number of nitrogens with one attached hydrogen (secondary N) is 1. The third-order valence-corrected chi connectivity index (χ3v) is 11.3. The Morgan fingerprint density at radius 2 is 2.04 bits per heavy atom. The molecule has 4 fully saturated rings. The van der Waals surface area contributed by atoms with Crippen molar-refractivity contribution in [1.29, 1.82) is 5.26 Å². The highest BCUT2D eigenvalue weighted by Crippen LogP contribution is 2.49. The summed E-state index contributed by atoms with van der Waals surface area (Å²) in [5.41, 5.74) is 7.44. The van der Waals surface area contributed by atoms with Gasteiger partial charge < -0.3 is 25.4 Å². The molecule has 0 amide bonds. The number of fused-ring (bicyclic) bond motifs is 5. The van der Waals surface area contributed by atoms with Crippen LogP contribution in [0.15, 0.2) is 18.2 Å². The van der Waals surface area contributed by atoms with Gasteiger partial charge in [-0.1, -0.05) is 17.7 Å². The summed E-state index contributed by atoms with van der Waals surface area (Å²) in [6.07, 6.45) is 3.61. The van der Waals surface area contributed by atoms with Crippen LogP contribution in [0.4, 0.5) is 19.6 Å². The van der Waals surface area contributed by atoms with Gasteiger partial charge in [0.1, 0.15) is 41.0 Å². The second-order valence-corrected chi connectivity index (χ2v) is 14.1. The van der Waals surface area contributed by atoms with E-state index >= 15 is 0 Å². The van der Waals surface area contributed by atoms with Gasteiger partial charge in [-0.3, -0.25) is 4.90 Å². The molecule has 2 aromatic carbocycles. The molecule has 9 nitrogen and oxygen atoms in total. The number of rotatable bonds is 6. The van der Waals surface area contributed by atoms with Crippen LogP contribution in [0.5, 0.6) is 11.8 Å². The largest absolute Gasteiger partial charge is 0.494 e. The molecule has 4 aromatic rings. The van der Waals surface area contributed by atoms with E-state index in [0.717, 1.165) is 56.7 Å². The van der Waals surface area contributed by atoms with Gasteiger partial charge >= 0.3 is 6.01 Å². The van der Waals surface area contributed by atoms with Crippen molar-refractivity contribution in [2.24, 2.45) is 0 Å². The number of hydrogen-bond donors (Lipinski definition) is 2. The standard InChI is InChI=1S/C32H32ClF2N7O2S/c1-43-27-25(19-5-6-23(35)28-24(19)21(11-36)29(37)45-28)22(33)9-20-26(27)39-31(40-30(20)41-13-17-3-4-18(14-41)38-17)44-15-32-7-2-8-42(32)12-16(34)10-32/h5-6,9,16-18,38H,2-4,7-8,10,12-15,37H2,1H3/t16-,17?,18?,32+/m1/s1. The molecule has 0 spiro atoms. The second-order valence-electron chi connectivity index (χ2n) is 12.7. The molecule has 0 saturated carbocycles. The third-order valence-electron chi connectivity index (χ3n) is 10.0. The molecule has 8 rings (SSSR count). The van der Waals surface area contributed by atoms with Gasteiger partial charge in [-0.15, -0.1) is 11.3 Å². The molecule has 2 aromatic heterocycles. The minimum Gasteiger partial charge on any atom is -0.494 e. The highest BCUT2D eigenvalue weighted by Gasteiger charge is 2.49. The van der Waals surface area contributed by atoms with Crippen LogP contribution < -0.4 is 25.4 Å². The van der Waals surface area contributed by atoms with Gasteiger partial charge in [0.2, 0.25) is 0 Å². The van der Waals surface area contributed by atoms with Crippen molar-refractivity contribution in [2.45, 2.75) is 55.9 Å². The molecule has 4 aliphatic heterocycles. The van der Waals surface area contributed by atoms with Crippen LogP contribution in [0, 0.1) is 17.1 Å². The van der Waals surface area contributed by atoms with Gasteiger partial charge in [0.25, 0.3) is 0 Å². The fourth-order valence-electron chi connectivity index (χ4n) is 8.05. The molecule has 234 valence electrons. The Kier molecular flexibility index (Phi) is 6.94. The first-order valence-electron chi connectivity index (χ1n) is 15.3. The number of nitriles is 1. The Morgan fingerprint density at radius 3 is 2.80 bits per heavy atom. The van der Waals surface area contributed by atoms with Crippen LogP contribution in [0.2, 0.25) is 5.02 Å². The minimum absolute atomic E-state index is 0.181. The first kappa shape index (κ1) is 28.9. The van der Waals surface area contributed by atoms with Gasteiger partial charge in [-0.05, 0) is 49.9 Å². The maximum atomic E-state index is 15.0. The number of alkyl halides is 1. The Labute approximate surface area is 267 Å². The van der Waals surface area contributed by atoms with Crippen molar-refractivity contribution < 1.29 is 18.3 Å². The van der Waals surface area contributed by atoms with Crippen molar-refractivity contribution in [1.82, 2.24) is 20.2 Å². The fourth-order valence-corrected chi connectivity index (χ4v) is 9.30. The molecule has 4 aliphatic rings. The number of ether oxygens (including phenoxy) is 2. The second kappa shape index (κ2) is 10.8. The van der Waals surface area contributed by atoms with Crippen molar-refractivity contribution in [3.63, 3.8) is 0 Å². The molecule has 3 N–H and O–H groups in total. The molecule has 4 saturated heterocycles. The predicted octanol–water partition coefficient (Wildman–Crippen LogP) is 5.66. The lowest BCUT2D eigenvalue weighted by Gasteiger charge is -2.35. The summed E-state index contributed by atoms with van der Waals surface area (Å²) in [6.45, 7) is 3.10. The number of nitrogens with two attached hydrogens (primary N) is 1. The molecule has 45 heavy (non-hydrogen) atoms. The Bertz CT molecular complexity index is 1890. The highest BCUT2D eigenvalue weighted by molar-refractivity contribution is 7.23. The van der Waals surface area contributed by atoms with Crippen LogP contribution in [-0.4, -0.2) is 78.6 Å². The summed E-state index contributed by atoms with van der Waals surface area (Å²) in [4.78, 5) is 14.3. The van der Waals surface area contributed by atoms with E-state index in [1.165, 1.54) is 13.2 Å². The first-order valence-corrected chi connectivity index (χ1v) is 16.5. The number of benzene rings is 2. The number of piperazine rings is 1. The Morgan fingerprint density at radius 1 is 1.24 bits per heavy atom. The molecule has 0 radical (unpaired) electrons. The quantitative estimate of drug-likeness (QED) is 0.273. The number of thiophene rings is 1. The summed E-state index contributed by atoms with van der Waals surface area (Å²) in [5, 5.41) is 15.3. The molecule has 2 bridgehead atoms. The maximum Gasteiger partial charge on any atom is 0.319 e. The molecule has 6 heterocycles. The number of aromatic nitrogens is 2.